The van der Waals surface area contributed by atoms with Gasteiger partial charge >= 0.3 is 0 Å². The van der Waals surface area contributed by atoms with E-state index in [-0.39, 0.29) is 5.91 Å². The molecule has 0 fully saturated rings. The Hall–Kier alpha value is -2.73. The normalized spacial score (nSPS) is 11.3. The van der Waals surface area contributed by atoms with Crippen LogP contribution in [0.25, 0.3) is 21.5 Å². The Morgan fingerprint density at radius 3 is 2.46 bits per heavy atom. The third-order valence-electron chi connectivity index (χ3n) is 4.57. The number of aliphatic imine (C=N–C) groups is 1. The van der Waals surface area contributed by atoms with E-state index in [0.29, 0.717) is 18.0 Å². The summed E-state index contributed by atoms with van der Waals surface area (Å²) >= 11 is 1.43. The first-order chi connectivity index (χ1) is 13.5. The van der Waals surface area contributed by atoms with Gasteiger partial charge < -0.3 is 9.80 Å². The number of aromatic nitrogens is 1. The molecule has 0 N–H and O–H groups in total. The third kappa shape index (κ3) is 3.92. The van der Waals surface area contributed by atoms with Crippen LogP contribution in [0.2, 0.25) is 0 Å². The average Bonchev–Trinajstić information content (AvgIpc) is 3.07. The van der Waals surface area contributed by atoms with Gasteiger partial charge in [-0.05, 0) is 32.4 Å². The Labute approximate surface area is 170 Å². The molecule has 0 saturated heterocycles. The van der Waals surface area contributed by atoms with E-state index in [1.807, 2.05) is 68.1 Å². The highest BCUT2D eigenvalue weighted by atomic mass is 32.1. The lowest BCUT2D eigenvalue weighted by Crippen LogP contribution is -2.29. The summed E-state index contributed by atoms with van der Waals surface area (Å²) in [6.45, 7) is 7.39. The molecule has 0 aliphatic heterocycles. The van der Waals surface area contributed by atoms with E-state index in [2.05, 4.69) is 18.0 Å². The van der Waals surface area contributed by atoms with E-state index >= 15 is 0 Å². The lowest BCUT2D eigenvalue weighted by molar-refractivity contribution is 0.0778. The molecular formula is C22H26N4OS. The second kappa shape index (κ2) is 8.52. The number of aryl methyl sites for hydroxylation is 1. The smallest absolute Gasteiger partial charge is 0.266 e. The van der Waals surface area contributed by atoms with Gasteiger partial charge in [0.05, 0.1) is 17.7 Å². The maximum absolute atomic E-state index is 13.1. The molecule has 0 radical (unpaired) electrons. The maximum atomic E-state index is 13.1. The monoisotopic (exact) mass is 394 g/mol. The van der Waals surface area contributed by atoms with Crippen LogP contribution >= 0.6 is 11.3 Å². The number of pyridine rings is 1. The first kappa shape index (κ1) is 20.0. The Kier molecular flexibility index (Phi) is 6.09. The maximum Gasteiger partial charge on any atom is 0.266 e. The zero-order valence-electron chi connectivity index (χ0n) is 17.1. The highest BCUT2D eigenvalue weighted by Crippen LogP contribution is 2.41. The minimum absolute atomic E-state index is 0.0135. The molecule has 0 spiro atoms. The number of rotatable bonds is 6. The van der Waals surface area contributed by atoms with E-state index < -0.39 is 0 Å². The van der Waals surface area contributed by atoms with E-state index in [4.69, 9.17) is 4.98 Å². The Morgan fingerprint density at radius 1 is 1.18 bits per heavy atom. The summed E-state index contributed by atoms with van der Waals surface area (Å²) in [6.07, 6.45) is 1.74. The summed E-state index contributed by atoms with van der Waals surface area (Å²) in [7, 11) is 3.84. The first-order valence-corrected chi connectivity index (χ1v) is 10.3. The summed E-state index contributed by atoms with van der Waals surface area (Å²) < 4.78 is 0. The largest absolute Gasteiger partial charge is 0.369 e. The highest BCUT2D eigenvalue weighted by Gasteiger charge is 2.24. The van der Waals surface area contributed by atoms with Gasteiger partial charge in [0.2, 0.25) is 0 Å². The highest BCUT2D eigenvalue weighted by molar-refractivity contribution is 7.21. The van der Waals surface area contributed by atoms with Crippen molar-refractivity contribution in [3.8, 4) is 11.3 Å². The Balaban J connectivity index is 2.23. The van der Waals surface area contributed by atoms with Gasteiger partial charge in [0.1, 0.15) is 9.71 Å². The fourth-order valence-electron chi connectivity index (χ4n) is 3.12. The van der Waals surface area contributed by atoms with Crippen LogP contribution < -0.4 is 0 Å². The molecular weight excluding hydrogens is 368 g/mol. The summed E-state index contributed by atoms with van der Waals surface area (Å²) in [5.74, 6) is 0.0135. The molecule has 0 aliphatic carbocycles. The molecule has 3 rings (SSSR count). The van der Waals surface area contributed by atoms with E-state index in [1.165, 1.54) is 11.3 Å². The van der Waals surface area contributed by atoms with Crippen molar-refractivity contribution < 1.29 is 4.79 Å². The van der Waals surface area contributed by atoms with Gasteiger partial charge in [0.25, 0.3) is 5.91 Å². The molecule has 0 unspecified atom stereocenters. The number of carbonyl (C=O) groups excluding carboxylic acids is 1. The number of carbonyl (C=O) groups is 1. The average molecular weight is 395 g/mol. The Morgan fingerprint density at radius 2 is 1.86 bits per heavy atom. The third-order valence-corrected chi connectivity index (χ3v) is 5.63. The summed E-state index contributed by atoms with van der Waals surface area (Å²) in [6, 6.07) is 12.2. The molecule has 28 heavy (non-hydrogen) atoms. The number of nitrogens with zero attached hydrogens (tertiary/aromatic N) is 4. The predicted molar refractivity (Wildman–Crippen MR) is 119 cm³/mol. The minimum atomic E-state index is 0.0135. The van der Waals surface area contributed by atoms with E-state index in [9.17, 15) is 4.79 Å². The van der Waals surface area contributed by atoms with Crippen LogP contribution in [0.1, 0.15) is 29.1 Å². The molecule has 0 saturated carbocycles. The lowest BCUT2D eigenvalue weighted by Gasteiger charge is -2.17. The molecule has 1 amide bonds. The number of hydrogen-bond acceptors (Lipinski definition) is 4. The van der Waals surface area contributed by atoms with Gasteiger partial charge in [-0.2, -0.15) is 0 Å². The van der Waals surface area contributed by atoms with Crippen molar-refractivity contribution in [3.05, 3.63) is 46.8 Å². The second-order valence-corrected chi connectivity index (χ2v) is 7.84. The molecule has 3 aromatic rings. The summed E-state index contributed by atoms with van der Waals surface area (Å²) in [5.41, 5.74) is 3.77. The molecule has 2 aromatic heterocycles. The predicted octanol–water partition coefficient (Wildman–Crippen LogP) is 4.98. The molecule has 6 heteroatoms. The summed E-state index contributed by atoms with van der Waals surface area (Å²) in [4.78, 5) is 27.8. The molecule has 1 aromatic carbocycles. The standard InChI is InChI=1S/C22H26N4OS/c1-6-26(7-2)22(27)20-19(23-14-25(4)5)18-15(3)13-17(24-21(18)28-20)16-11-9-8-10-12-16/h8-14H,6-7H2,1-5H3. The van der Waals surface area contributed by atoms with Crippen molar-refractivity contribution in [1.82, 2.24) is 14.8 Å². The fraction of sp³-hybridized carbons (Fsp3) is 0.318. The van der Waals surface area contributed by atoms with Crippen molar-refractivity contribution >= 4 is 39.5 Å². The van der Waals surface area contributed by atoms with Crippen molar-refractivity contribution in [2.45, 2.75) is 20.8 Å². The quantitative estimate of drug-likeness (QED) is 0.438. The van der Waals surface area contributed by atoms with Crippen LogP contribution in [-0.2, 0) is 0 Å². The van der Waals surface area contributed by atoms with Crippen LogP contribution in [0.4, 0.5) is 5.69 Å². The van der Waals surface area contributed by atoms with E-state index in [0.717, 1.165) is 32.7 Å². The molecule has 0 atom stereocenters. The van der Waals surface area contributed by atoms with Gasteiger partial charge in [-0.15, -0.1) is 11.3 Å². The van der Waals surface area contributed by atoms with Gasteiger partial charge in [-0.1, -0.05) is 30.3 Å². The fourth-order valence-corrected chi connectivity index (χ4v) is 4.28. The second-order valence-electron chi connectivity index (χ2n) is 6.84. The number of thiophene rings is 1. The van der Waals surface area contributed by atoms with E-state index in [1.54, 1.807) is 6.34 Å². The van der Waals surface area contributed by atoms with Crippen molar-refractivity contribution in [3.63, 3.8) is 0 Å². The van der Waals surface area contributed by atoms with Crippen LogP contribution in [0, 0.1) is 6.92 Å². The topological polar surface area (TPSA) is 48.8 Å². The molecule has 2 heterocycles. The summed E-state index contributed by atoms with van der Waals surface area (Å²) in [5, 5.41) is 0.957. The molecule has 0 bridgehead atoms. The van der Waals surface area contributed by atoms with Gasteiger partial charge in [0, 0.05) is 38.1 Å². The van der Waals surface area contributed by atoms with Crippen molar-refractivity contribution in [2.75, 3.05) is 27.2 Å². The number of amides is 1. The lowest BCUT2D eigenvalue weighted by atomic mass is 10.1. The van der Waals surface area contributed by atoms with Crippen LogP contribution in [-0.4, -0.2) is 54.2 Å². The zero-order valence-corrected chi connectivity index (χ0v) is 17.9. The van der Waals surface area contributed by atoms with Crippen molar-refractivity contribution in [1.29, 1.82) is 0 Å². The Bertz CT molecular complexity index is 1000. The molecule has 0 aliphatic rings. The molecule has 5 nitrogen and oxygen atoms in total. The SMILES string of the molecule is CCN(CC)C(=O)c1sc2nc(-c3ccccc3)cc(C)c2c1N=CN(C)C. The number of hydrogen-bond donors (Lipinski definition) is 0. The van der Waals surface area contributed by atoms with Gasteiger partial charge in [0.15, 0.2) is 0 Å². The first-order valence-electron chi connectivity index (χ1n) is 9.45. The zero-order chi connectivity index (χ0) is 20.3. The van der Waals surface area contributed by atoms with Crippen LogP contribution in [0.3, 0.4) is 0 Å². The minimum Gasteiger partial charge on any atom is -0.369 e. The number of fused-ring (bicyclic) bond motifs is 1. The molecule has 146 valence electrons. The van der Waals surface area contributed by atoms with Crippen LogP contribution in [0.5, 0.6) is 0 Å². The van der Waals surface area contributed by atoms with Crippen LogP contribution in [0.15, 0.2) is 41.4 Å². The van der Waals surface area contributed by atoms with Gasteiger partial charge in [-0.25, -0.2) is 9.98 Å². The van der Waals surface area contributed by atoms with Gasteiger partial charge in [-0.3, -0.25) is 4.79 Å². The number of benzene rings is 1. The van der Waals surface area contributed by atoms with Crippen molar-refractivity contribution in [2.24, 2.45) is 4.99 Å².